The van der Waals surface area contributed by atoms with Crippen LogP contribution in [-0.4, -0.2) is 68.1 Å². The maximum absolute atomic E-state index is 12.2. The minimum absolute atomic E-state index is 0.305. The van der Waals surface area contributed by atoms with Gasteiger partial charge in [0.2, 0.25) is 0 Å². The van der Waals surface area contributed by atoms with E-state index in [9.17, 15) is 9.59 Å². The predicted molar refractivity (Wildman–Crippen MR) is 85.9 cm³/mol. The van der Waals surface area contributed by atoms with Crippen molar-refractivity contribution < 1.29 is 9.59 Å². The van der Waals surface area contributed by atoms with E-state index in [0.29, 0.717) is 11.1 Å². The number of benzene rings is 1. The average molecular weight is 309 g/mol. The van der Waals surface area contributed by atoms with Gasteiger partial charge in [-0.1, -0.05) is 6.07 Å². The van der Waals surface area contributed by atoms with Crippen molar-refractivity contribution in [2.45, 2.75) is 0 Å². The van der Waals surface area contributed by atoms with Gasteiger partial charge in [0, 0.05) is 42.3 Å². The molecule has 0 saturated carbocycles. The van der Waals surface area contributed by atoms with E-state index in [0.717, 1.165) is 5.30 Å². The Morgan fingerprint density at radius 3 is 1.86 bits per heavy atom. The van der Waals surface area contributed by atoms with Crippen LogP contribution in [0.3, 0.4) is 0 Å². The molecule has 2 amide bonds. The molecule has 0 saturated heterocycles. The van der Waals surface area contributed by atoms with E-state index in [1.165, 1.54) is 0 Å². The van der Waals surface area contributed by atoms with E-state index in [2.05, 4.69) is 19.3 Å². The molecule has 7 heteroatoms. The van der Waals surface area contributed by atoms with Gasteiger partial charge in [0.1, 0.15) is 0 Å². The first-order valence-corrected chi connectivity index (χ1v) is 8.31. The summed E-state index contributed by atoms with van der Waals surface area (Å²) in [5, 5.41) is 3.30. The van der Waals surface area contributed by atoms with Gasteiger partial charge in [-0.3, -0.25) is 14.9 Å². The van der Waals surface area contributed by atoms with Crippen LogP contribution in [0.4, 0.5) is 0 Å². The summed E-state index contributed by atoms with van der Waals surface area (Å²) in [4.78, 5) is 24.1. The number of amides is 2. The molecule has 0 aromatic heterocycles. The van der Waals surface area contributed by atoms with Gasteiger partial charge < -0.3 is 0 Å². The standard InChI is InChI=1S/C14H21N4O2P/c1-16(2)21(17(3)4,18(5)6)11-9-7-8-10-12(11)14(20)15-13(10)19/h7-9H,1-6H3/p+1. The fourth-order valence-electron chi connectivity index (χ4n) is 3.17. The monoisotopic (exact) mass is 309 g/mol. The first kappa shape index (κ1) is 16.0. The van der Waals surface area contributed by atoms with Crippen LogP contribution in [0.5, 0.6) is 0 Å². The molecule has 0 radical (unpaired) electrons. The third-order valence-electron chi connectivity index (χ3n) is 3.74. The molecule has 0 aliphatic carbocycles. The van der Waals surface area contributed by atoms with Crippen LogP contribution in [0.25, 0.3) is 0 Å². The van der Waals surface area contributed by atoms with E-state index in [4.69, 9.17) is 0 Å². The lowest BCUT2D eigenvalue weighted by molar-refractivity contribution is 0.0880. The molecule has 1 aromatic carbocycles. The summed E-state index contributed by atoms with van der Waals surface area (Å²) < 4.78 is 6.41. The Labute approximate surface area is 126 Å². The summed E-state index contributed by atoms with van der Waals surface area (Å²) in [7, 11) is 9.93. The Balaban J connectivity index is 2.80. The Morgan fingerprint density at radius 2 is 1.38 bits per heavy atom. The molecule has 114 valence electrons. The quantitative estimate of drug-likeness (QED) is 0.653. The third kappa shape index (κ3) is 2.19. The molecule has 0 fully saturated rings. The van der Waals surface area contributed by atoms with Gasteiger partial charge in [-0.05, 0) is 12.1 Å². The van der Waals surface area contributed by atoms with E-state index in [1.54, 1.807) is 6.07 Å². The molecule has 21 heavy (non-hydrogen) atoms. The van der Waals surface area contributed by atoms with E-state index >= 15 is 0 Å². The summed E-state index contributed by atoms with van der Waals surface area (Å²) in [6.07, 6.45) is 0. The van der Waals surface area contributed by atoms with Crippen molar-refractivity contribution in [1.29, 1.82) is 0 Å². The zero-order valence-electron chi connectivity index (χ0n) is 13.3. The molecular formula is C14H22N4O2P+. The van der Waals surface area contributed by atoms with Gasteiger partial charge in [0.25, 0.3) is 19.5 Å². The first-order chi connectivity index (χ1) is 9.74. The van der Waals surface area contributed by atoms with Crippen LogP contribution in [-0.2, 0) is 0 Å². The SMILES string of the molecule is CN(C)[P+](c1cccc2c1C(=O)NC2=O)(N(C)C)N(C)C. The lowest BCUT2D eigenvalue weighted by Crippen LogP contribution is -2.44. The van der Waals surface area contributed by atoms with Gasteiger partial charge in [0.15, 0.2) is 5.30 Å². The van der Waals surface area contributed by atoms with E-state index < -0.39 is 7.71 Å². The largest absolute Gasteiger partial charge is 0.288 e. The predicted octanol–water partition coefficient (Wildman–Crippen LogP) is 0.643. The summed E-state index contributed by atoms with van der Waals surface area (Å²) in [5.74, 6) is -0.619. The average Bonchev–Trinajstić information content (AvgIpc) is 2.65. The highest BCUT2D eigenvalue weighted by molar-refractivity contribution is 7.76. The highest BCUT2D eigenvalue weighted by Gasteiger charge is 2.53. The second-order valence-electron chi connectivity index (χ2n) is 5.59. The van der Waals surface area contributed by atoms with Crippen LogP contribution >= 0.6 is 7.71 Å². The maximum atomic E-state index is 12.2. The van der Waals surface area contributed by atoms with Crippen molar-refractivity contribution in [3.05, 3.63) is 29.3 Å². The Kier molecular flexibility index (Phi) is 4.17. The molecule has 6 nitrogen and oxygen atoms in total. The third-order valence-corrected chi connectivity index (χ3v) is 8.10. The van der Waals surface area contributed by atoms with Crippen molar-refractivity contribution in [2.75, 3.05) is 42.3 Å². The van der Waals surface area contributed by atoms with Crippen LogP contribution in [0, 0.1) is 0 Å². The number of rotatable bonds is 4. The maximum Gasteiger partial charge on any atom is 0.263 e. The number of nitrogens with zero attached hydrogens (tertiary/aromatic N) is 3. The molecule has 1 heterocycles. The number of carbonyl (C=O) groups excluding carboxylic acids is 2. The van der Waals surface area contributed by atoms with Crippen molar-refractivity contribution in [2.24, 2.45) is 0 Å². The number of carbonyl (C=O) groups is 2. The Morgan fingerprint density at radius 1 is 0.857 bits per heavy atom. The molecule has 1 N–H and O–H groups in total. The Bertz CT molecular complexity index is 577. The van der Waals surface area contributed by atoms with Crippen molar-refractivity contribution >= 4 is 24.8 Å². The minimum Gasteiger partial charge on any atom is -0.288 e. The summed E-state index contributed by atoms with van der Waals surface area (Å²) in [6.45, 7) is 0. The molecule has 0 atom stereocenters. The lowest BCUT2D eigenvalue weighted by atomic mass is 10.1. The normalized spacial score (nSPS) is 15.1. The topological polar surface area (TPSA) is 55.9 Å². The zero-order valence-corrected chi connectivity index (χ0v) is 14.2. The second kappa shape index (κ2) is 5.46. The van der Waals surface area contributed by atoms with Crippen molar-refractivity contribution in [3.8, 4) is 0 Å². The zero-order chi connectivity index (χ0) is 15.9. The number of hydrogen-bond donors (Lipinski definition) is 1. The van der Waals surface area contributed by atoms with Crippen LogP contribution in [0.2, 0.25) is 0 Å². The highest BCUT2D eigenvalue weighted by atomic mass is 31.2. The van der Waals surface area contributed by atoms with Crippen molar-refractivity contribution in [1.82, 2.24) is 19.3 Å². The van der Waals surface area contributed by atoms with Crippen LogP contribution in [0.1, 0.15) is 20.7 Å². The van der Waals surface area contributed by atoms with Crippen molar-refractivity contribution in [3.63, 3.8) is 0 Å². The number of hydrogen-bond acceptors (Lipinski definition) is 5. The molecular weight excluding hydrogens is 287 g/mol. The van der Waals surface area contributed by atoms with Gasteiger partial charge in [-0.15, -0.1) is 0 Å². The molecule has 0 bridgehead atoms. The van der Waals surface area contributed by atoms with Crippen LogP contribution < -0.4 is 10.6 Å². The summed E-state index contributed by atoms with van der Waals surface area (Å²) >= 11 is 0. The molecule has 0 unspecified atom stereocenters. The van der Waals surface area contributed by atoms with Gasteiger partial charge in [-0.25, -0.2) is 0 Å². The van der Waals surface area contributed by atoms with Crippen LogP contribution in [0.15, 0.2) is 18.2 Å². The number of fused-ring (bicyclic) bond motifs is 1. The summed E-state index contributed by atoms with van der Waals surface area (Å²) in [6, 6.07) is 5.50. The molecule has 2 rings (SSSR count). The fraction of sp³-hybridized carbons (Fsp3) is 0.429. The van der Waals surface area contributed by atoms with Gasteiger partial charge in [-0.2, -0.15) is 14.0 Å². The van der Waals surface area contributed by atoms with E-state index in [-0.39, 0.29) is 11.8 Å². The highest BCUT2D eigenvalue weighted by Crippen LogP contribution is 2.63. The van der Waals surface area contributed by atoms with E-state index in [1.807, 2.05) is 54.4 Å². The molecule has 0 spiro atoms. The molecule has 1 aliphatic heterocycles. The lowest BCUT2D eigenvalue weighted by Gasteiger charge is -2.40. The van der Waals surface area contributed by atoms with Gasteiger partial charge >= 0.3 is 0 Å². The molecule has 1 aromatic rings. The number of nitrogens with one attached hydrogen (secondary N) is 1. The van der Waals surface area contributed by atoms with Gasteiger partial charge in [0.05, 0.1) is 11.1 Å². The fourth-order valence-corrected chi connectivity index (χ4v) is 7.42. The molecule has 1 aliphatic rings. The Hall–Kier alpha value is -1.33. The number of imide groups is 1. The first-order valence-electron chi connectivity index (χ1n) is 6.66. The summed E-state index contributed by atoms with van der Waals surface area (Å²) in [5.41, 5.74) is 0.972. The minimum atomic E-state index is -2.08. The smallest absolute Gasteiger partial charge is 0.263 e. The second-order valence-corrected chi connectivity index (χ2v) is 9.61.